The van der Waals surface area contributed by atoms with Crippen molar-refractivity contribution in [3.05, 3.63) is 23.8 Å². The first-order valence-electron chi connectivity index (χ1n) is 10.2. The summed E-state index contributed by atoms with van der Waals surface area (Å²) < 4.78 is 32.7. The number of likely N-dealkylation sites (tertiary alicyclic amines) is 1. The van der Waals surface area contributed by atoms with Crippen LogP contribution in [0.1, 0.15) is 31.2 Å². The molecule has 1 atom stereocenters. The second kappa shape index (κ2) is 8.04. The van der Waals surface area contributed by atoms with E-state index >= 15 is 0 Å². The van der Waals surface area contributed by atoms with Crippen molar-refractivity contribution >= 4 is 27.5 Å². The molecule has 2 aliphatic heterocycles. The molecule has 1 aromatic carbocycles. The molecule has 1 saturated carbocycles. The summed E-state index contributed by atoms with van der Waals surface area (Å²) >= 11 is 0. The molecular formula is C20H27N3O5S. The van der Waals surface area contributed by atoms with Gasteiger partial charge in [0.05, 0.1) is 18.1 Å². The smallest absolute Gasteiger partial charge is 0.247 e. The second-order valence-electron chi connectivity index (χ2n) is 7.95. The lowest BCUT2D eigenvalue weighted by Gasteiger charge is -2.27. The summed E-state index contributed by atoms with van der Waals surface area (Å²) in [7, 11) is -3.66. The van der Waals surface area contributed by atoms with Crippen molar-refractivity contribution in [2.75, 3.05) is 38.2 Å². The van der Waals surface area contributed by atoms with Crippen molar-refractivity contribution in [1.29, 1.82) is 0 Å². The highest BCUT2D eigenvalue weighted by Crippen LogP contribution is 2.34. The molecule has 1 unspecified atom stereocenters. The third-order valence-electron chi connectivity index (χ3n) is 5.81. The molecule has 1 aromatic rings. The molecule has 4 rings (SSSR count). The van der Waals surface area contributed by atoms with Crippen LogP contribution in [0.3, 0.4) is 0 Å². The molecule has 1 aliphatic carbocycles. The summed E-state index contributed by atoms with van der Waals surface area (Å²) in [6.45, 7) is 3.74. The number of ether oxygens (including phenoxy) is 1. The third kappa shape index (κ3) is 4.17. The quantitative estimate of drug-likeness (QED) is 0.774. The maximum atomic E-state index is 13.0. The minimum absolute atomic E-state index is 0.0714. The first-order chi connectivity index (χ1) is 13.9. The Bertz CT molecular complexity index is 907. The van der Waals surface area contributed by atoms with E-state index in [1.807, 2.05) is 0 Å². The predicted molar refractivity (Wildman–Crippen MR) is 107 cm³/mol. The number of hydrogen-bond donors (Lipinski definition) is 1. The molecule has 8 nitrogen and oxygen atoms in total. The molecule has 158 valence electrons. The number of benzene rings is 1. The van der Waals surface area contributed by atoms with Gasteiger partial charge in [0.25, 0.3) is 0 Å². The van der Waals surface area contributed by atoms with E-state index in [4.69, 9.17) is 4.74 Å². The van der Waals surface area contributed by atoms with Gasteiger partial charge in [-0.1, -0.05) is 6.07 Å². The van der Waals surface area contributed by atoms with Crippen LogP contribution in [0.5, 0.6) is 0 Å². The van der Waals surface area contributed by atoms with Gasteiger partial charge in [-0.15, -0.1) is 0 Å². The highest BCUT2D eigenvalue weighted by Gasteiger charge is 2.41. The van der Waals surface area contributed by atoms with Gasteiger partial charge in [0.2, 0.25) is 21.8 Å². The molecule has 2 heterocycles. The van der Waals surface area contributed by atoms with Gasteiger partial charge in [0.15, 0.2) is 0 Å². The summed E-state index contributed by atoms with van der Waals surface area (Å²) in [5.74, 6) is -0.106. The van der Waals surface area contributed by atoms with E-state index in [9.17, 15) is 18.0 Å². The van der Waals surface area contributed by atoms with Crippen molar-refractivity contribution in [2.24, 2.45) is 5.92 Å². The van der Waals surface area contributed by atoms with Gasteiger partial charge < -0.3 is 15.0 Å². The minimum atomic E-state index is -3.66. The van der Waals surface area contributed by atoms with Crippen LogP contribution >= 0.6 is 0 Å². The number of aryl methyl sites for hydroxylation is 1. The van der Waals surface area contributed by atoms with Gasteiger partial charge in [-0.25, -0.2) is 8.42 Å². The normalized spacial score (nSPS) is 23.2. The van der Waals surface area contributed by atoms with Gasteiger partial charge in [-0.05, 0) is 50.3 Å². The summed E-state index contributed by atoms with van der Waals surface area (Å²) in [5, 5.41) is 2.83. The van der Waals surface area contributed by atoms with Gasteiger partial charge >= 0.3 is 0 Å². The average molecular weight is 422 g/mol. The van der Waals surface area contributed by atoms with Gasteiger partial charge in [0.1, 0.15) is 6.04 Å². The van der Waals surface area contributed by atoms with Crippen molar-refractivity contribution in [1.82, 2.24) is 9.21 Å². The molecule has 29 heavy (non-hydrogen) atoms. The highest BCUT2D eigenvalue weighted by molar-refractivity contribution is 7.89. The number of carbonyl (C=O) groups excluding carboxylic acids is 2. The van der Waals surface area contributed by atoms with Crippen molar-refractivity contribution in [2.45, 2.75) is 43.5 Å². The van der Waals surface area contributed by atoms with Gasteiger partial charge in [-0.3, -0.25) is 9.59 Å². The van der Waals surface area contributed by atoms with Crippen LogP contribution in [0.4, 0.5) is 5.69 Å². The Morgan fingerprint density at radius 1 is 1.10 bits per heavy atom. The lowest BCUT2D eigenvalue weighted by Crippen LogP contribution is -2.43. The van der Waals surface area contributed by atoms with Crippen LogP contribution in [0.15, 0.2) is 23.1 Å². The number of carbonyl (C=O) groups is 2. The topological polar surface area (TPSA) is 96.0 Å². The predicted octanol–water partition coefficient (Wildman–Crippen LogP) is 1.36. The summed E-state index contributed by atoms with van der Waals surface area (Å²) in [5.41, 5.74) is 1.05. The molecule has 1 N–H and O–H groups in total. The molecular weight excluding hydrogens is 394 g/mol. The van der Waals surface area contributed by atoms with Crippen LogP contribution in [0.2, 0.25) is 0 Å². The first-order valence-corrected chi connectivity index (χ1v) is 11.6. The van der Waals surface area contributed by atoms with E-state index < -0.39 is 16.1 Å². The zero-order chi connectivity index (χ0) is 20.6. The number of amides is 2. The Morgan fingerprint density at radius 3 is 2.52 bits per heavy atom. The van der Waals surface area contributed by atoms with Crippen LogP contribution in [0, 0.1) is 12.8 Å². The van der Waals surface area contributed by atoms with Gasteiger partial charge in [0, 0.05) is 31.2 Å². The zero-order valence-corrected chi connectivity index (χ0v) is 17.4. The lowest BCUT2D eigenvalue weighted by molar-refractivity contribution is -0.137. The second-order valence-corrected chi connectivity index (χ2v) is 9.86. The van der Waals surface area contributed by atoms with Crippen molar-refractivity contribution in [3.63, 3.8) is 0 Å². The Balaban J connectivity index is 1.51. The Hall–Kier alpha value is -1.97. The third-order valence-corrected chi connectivity index (χ3v) is 7.85. The molecule has 0 bridgehead atoms. The average Bonchev–Trinajstić information content (AvgIpc) is 3.45. The van der Waals surface area contributed by atoms with Crippen LogP contribution < -0.4 is 5.32 Å². The van der Waals surface area contributed by atoms with E-state index in [1.165, 1.54) is 10.4 Å². The zero-order valence-electron chi connectivity index (χ0n) is 16.6. The Labute approximate surface area is 171 Å². The van der Waals surface area contributed by atoms with E-state index in [0.29, 0.717) is 50.5 Å². The molecule has 2 saturated heterocycles. The molecule has 3 aliphatic rings. The number of anilines is 1. The van der Waals surface area contributed by atoms with E-state index in [1.54, 1.807) is 24.0 Å². The molecule has 0 spiro atoms. The lowest BCUT2D eigenvalue weighted by atomic mass is 10.1. The monoisotopic (exact) mass is 421 g/mol. The fourth-order valence-corrected chi connectivity index (χ4v) is 5.63. The largest absolute Gasteiger partial charge is 0.379 e. The van der Waals surface area contributed by atoms with Crippen LogP contribution in [-0.2, 0) is 24.3 Å². The number of hydrogen-bond acceptors (Lipinski definition) is 5. The minimum Gasteiger partial charge on any atom is -0.379 e. The SMILES string of the molecule is Cc1ccc(NC(=O)C2CCCN2C(=O)C2CC2)cc1S(=O)(=O)N1CCOCC1. The summed E-state index contributed by atoms with van der Waals surface area (Å²) in [6, 6.07) is 4.43. The number of sulfonamides is 1. The van der Waals surface area contributed by atoms with E-state index in [2.05, 4.69) is 5.32 Å². The number of morpholine rings is 1. The van der Waals surface area contributed by atoms with Crippen LogP contribution in [-0.4, -0.2) is 68.3 Å². The molecule has 3 fully saturated rings. The molecule has 0 radical (unpaired) electrons. The number of nitrogens with zero attached hydrogens (tertiary/aromatic N) is 2. The molecule has 2 amide bonds. The van der Waals surface area contributed by atoms with E-state index in [-0.39, 0.29) is 22.6 Å². The maximum absolute atomic E-state index is 13.0. The van der Waals surface area contributed by atoms with Crippen molar-refractivity contribution in [3.8, 4) is 0 Å². The highest BCUT2D eigenvalue weighted by atomic mass is 32.2. The van der Waals surface area contributed by atoms with E-state index in [0.717, 1.165) is 19.3 Å². The van der Waals surface area contributed by atoms with Gasteiger partial charge in [-0.2, -0.15) is 4.31 Å². The maximum Gasteiger partial charge on any atom is 0.247 e. The Kier molecular flexibility index (Phi) is 5.63. The molecule has 9 heteroatoms. The molecule has 0 aromatic heterocycles. The fraction of sp³-hybridized carbons (Fsp3) is 0.600. The van der Waals surface area contributed by atoms with Crippen LogP contribution in [0.25, 0.3) is 0 Å². The van der Waals surface area contributed by atoms with Crippen molar-refractivity contribution < 1.29 is 22.7 Å². The number of nitrogens with one attached hydrogen (secondary N) is 1. The first kappa shape index (κ1) is 20.3. The number of rotatable bonds is 5. The Morgan fingerprint density at radius 2 is 1.83 bits per heavy atom. The summed E-state index contributed by atoms with van der Waals surface area (Å²) in [6.07, 6.45) is 3.25. The summed E-state index contributed by atoms with van der Waals surface area (Å²) in [4.78, 5) is 27.1. The standard InChI is InChI=1S/C20H27N3O5S/c1-14-4-7-16(13-18(14)29(26,27)22-9-11-28-12-10-22)21-19(24)17-3-2-8-23(17)20(25)15-5-6-15/h4,7,13,15,17H,2-3,5-6,8-12H2,1H3,(H,21,24). The fourth-order valence-electron chi connectivity index (χ4n) is 3.98.